The van der Waals surface area contributed by atoms with Crippen LogP contribution in [0.5, 0.6) is 0 Å². The first-order valence-corrected chi connectivity index (χ1v) is 6.01. The molecule has 4 nitrogen and oxygen atoms in total. The Morgan fingerprint density at radius 1 is 1.56 bits per heavy atom. The summed E-state index contributed by atoms with van der Waals surface area (Å²) >= 11 is 5.91. The Morgan fingerprint density at radius 3 is 2.94 bits per heavy atom. The summed E-state index contributed by atoms with van der Waals surface area (Å²) in [5.74, 6) is -0.0751. The summed E-state index contributed by atoms with van der Waals surface area (Å²) in [6, 6.07) is 4.90. The van der Waals surface area contributed by atoms with Gasteiger partial charge in [-0.2, -0.15) is 0 Å². The number of rotatable bonds is 3. The van der Waals surface area contributed by atoms with Crippen molar-refractivity contribution in [3.63, 3.8) is 0 Å². The highest BCUT2D eigenvalue weighted by Gasteiger charge is 2.18. The lowest BCUT2D eigenvalue weighted by molar-refractivity contribution is 0.0895. The lowest BCUT2D eigenvalue weighted by Crippen LogP contribution is -2.35. The van der Waals surface area contributed by atoms with Crippen LogP contribution in [-0.4, -0.2) is 23.7 Å². The third-order valence-corrected chi connectivity index (χ3v) is 2.99. The minimum absolute atomic E-state index is 0.114. The van der Waals surface area contributed by atoms with Crippen molar-refractivity contribution >= 4 is 28.5 Å². The number of aliphatic hydroxyl groups excluding tert-OH is 1. The second kappa shape index (κ2) is 5.00. The van der Waals surface area contributed by atoms with Gasteiger partial charge in [0.05, 0.1) is 6.61 Å². The molecule has 0 aliphatic rings. The first kappa shape index (κ1) is 12.9. The molecule has 0 aliphatic carbocycles. The lowest BCUT2D eigenvalue weighted by Gasteiger charge is -2.09. The highest BCUT2D eigenvalue weighted by atomic mass is 35.5. The number of carbonyl (C=O) groups is 1. The molecule has 18 heavy (non-hydrogen) atoms. The Hall–Kier alpha value is -1.52. The molecule has 2 aromatic rings. The van der Waals surface area contributed by atoms with Crippen LogP contribution in [0, 0.1) is 6.92 Å². The predicted molar refractivity (Wildman–Crippen MR) is 70.0 cm³/mol. The van der Waals surface area contributed by atoms with Crippen LogP contribution in [0.3, 0.4) is 0 Å². The normalized spacial score (nSPS) is 12.7. The SMILES string of the molecule is Cc1c(C(=O)N[C@H](C)CO)oc2ccc(Cl)cc12. The van der Waals surface area contributed by atoms with Gasteiger partial charge in [-0.15, -0.1) is 0 Å². The summed E-state index contributed by atoms with van der Waals surface area (Å²) in [5.41, 5.74) is 1.37. The Kier molecular flexibility index (Phi) is 3.59. The van der Waals surface area contributed by atoms with E-state index in [0.717, 1.165) is 10.9 Å². The number of nitrogens with one attached hydrogen (secondary N) is 1. The van der Waals surface area contributed by atoms with Gasteiger partial charge in [0.1, 0.15) is 5.58 Å². The maximum absolute atomic E-state index is 11.9. The van der Waals surface area contributed by atoms with Gasteiger partial charge in [-0.25, -0.2) is 0 Å². The van der Waals surface area contributed by atoms with Crippen LogP contribution >= 0.6 is 11.6 Å². The average molecular weight is 268 g/mol. The van der Waals surface area contributed by atoms with E-state index in [0.29, 0.717) is 10.6 Å². The highest BCUT2D eigenvalue weighted by molar-refractivity contribution is 6.31. The fourth-order valence-electron chi connectivity index (χ4n) is 1.74. The summed E-state index contributed by atoms with van der Waals surface area (Å²) in [7, 11) is 0. The molecule has 1 aromatic carbocycles. The van der Waals surface area contributed by atoms with Gasteiger partial charge >= 0.3 is 0 Å². The van der Waals surface area contributed by atoms with Gasteiger partial charge in [0, 0.05) is 22.0 Å². The van der Waals surface area contributed by atoms with E-state index in [1.165, 1.54) is 0 Å². The van der Waals surface area contributed by atoms with Crippen LogP contribution in [0.2, 0.25) is 5.02 Å². The van der Waals surface area contributed by atoms with Gasteiger partial charge in [0.25, 0.3) is 5.91 Å². The van der Waals surface area contributed by atoms with E-state index >= 15 is 0 Å². The van der Waals surface area contributed by atoms with E-state index in [9.17, 15) is 4.79 Å². The first-order valence-electron chi connectivity index (χ1n) is 5.63. The minimum atomic E-state index is -0.332. The van der Waals surface area contributed by atoms with E-state index < -0.39 is 0 Å². The molecule has 0 unspecified atom stereocenters. The highest BCUT2D eigenvalue weighted by Crippen LogP contribution is 2.27. The van der Waals surface area contributed by atoms with Gasteiger partial charge in [0.15, 0.2) is 5.76 Å². The largest absolute Gasteiger partial charge is 0.451 e. The van der Waals surface area contributed by atoms with Crippen molar-refractivity contribution in [2.24, 2.45) is 0 Å². The number of amides is 1. The molecule has 0 fully saturated rings. The molecule has 0 saturated carbocycles. The quantitative estimate of drug-likeness (QED) is 0.898. The van der Waals surface area contributed by atoms with Crippen molar-refractivity contribution in [3.8, 4) is 0 Å². The number of halogens is 1. The number of hydrogen-bond donors (Lipinski definition) is 2. The van der Waals surface area contributed by atoms with Crippen LogP contribution in [0.1, 0.15) is 23.0 Å². The Labute approximate surface area is 110 Å². The zero-order valence-electron chi connectivity index (χ0n) is 10.2. The average Bonchev–Trinajstić information content (AvgIpc) is 2.66. The molecule has 0 saturated heterocycles. The number of carbonyl (C=O) groups excluding carboxylic acids is 1. The maximum atomic E-state index is 11.9. The standard InChI is InChI=1S/C13H14ClNO3/c1-7(6-16)15-13(17)12-8(2)10-5-9(14)3-4-11(10)18-12/h3-5,7,16H,6H2,1-2H3,(H,15,17)/t7-/m1/s1. The number of fused-ring (bicyclic) bond motifs is 1. The number of aliphatic hydroxyl groups is 1. The van der Waals surface area contributed by atoms with Crippen LogP contribution < -0.4 is 5.32 Å². The Balaban J connectivity index is 2.40. The fraction of sp³-hybridized carbons (Fsp3) is 0.308. The second-order valence-corrected chi connectivity index (χ2v) is 4.69. The first-order chi connectivity index (χ1) is 8.52. The molecule has 0 radical (unpaired) electrons. The smallest absolute Gasteiger partial charge is 0.287 e. The number of benzene rings is 1. The summed E-state index contributed by atoms with van der Waals surface area (Å²) in [6.45, 7) is 3.41. The summed E-state index contributed by atoms with van der Waals surface area (Å²) in [4.78, 5) is 11.9. The topological polar surface area (TPSA) is 62.5 Å². The summed E-state index contributed by atoms with van der Waals surface area (Å²) < 4.78 is 5.51. The molecule has 1 atom stereocenters. The van der Waals surface area contributed by atoms with Gasteiger partial charge in [-0.1, -0.05) is 11.6 Å². The molecule has 0 aliphatic heterocycles. The molecular weight excluding hydrogens is 254 g/mol. The Bertz CT molecular complexity index is 591. The molecule has 2 rings (SSSR count). The molecule has 1 amide bonds. The van der Waals surface area contributed by atoms with Crippen molar-refractivity contribution in [1.29, 1.82) is 0 Å². The minimum Gasteiger partial charge on any atom is -0.451 e. The van der Waals surface area contributed by atoms with Gasteiger partial charge in [0.2, 0.25) is 0 Å². The predicted octanol–water partition coefficient (Wildman–Crippen LogP) is 2.51. The molecular formula is C13H14ClNO3. The van der Waals surface area contributed by atoms with E-state index in [1.807, 2.05) is 0 Å². The third kappa shape index (κ3) is 2.35. The van der Waals surface area contributed by atoms with Crippen LogP contribution in [0.4, 0.5) is 0 Å². The van der Waals surface area contributed by atoms with Crippen molar-refractivity contribution in [2.45, 2.75) is 19.9 Å². The fourth-order valence-corrected chi connectivity index (χ4v) is 1.92. The van der Waals surface area contributed by atoms with Crippen molar-refractivity contribution in [3.05, 3.63) is 34.5 Å². The van der Waals surface area contributed by atoms with Gasteiger partial charge in [-0.05, 0) is 32.0 Å². The van der Waals surface area contributed by atoms with E-state index in [4.69, 9.17) is 21.1 Å². The molecule has 1 aromatic heterocycles. The van der Waals surface area contributed by atoms with E-state index in [2.05, 4.69) is 5.32 Å². The molecule has 5 heteroatoms. The van der Waals surface area contributed by atoms with Crippen molar-refractivity contribution < 1.29 is 14.3 Å². The van der Waals surface area contributed by atoms with E-state index in [1.54, 1.807) is 32.0 Å². The molecule has 1 heterocycles. The van der Waals surface area contributed by atoms with Gasteiger partial charge < -0.3 is 14.8 Å². The molecule has 0 spiro atoms. The second-order valence-electron chi connectivity index (χ2n) is 4.25. The third-order valence-electron chi connectivity index (χ3n) is 2.76. The lowest BCUT2D eigenvalue weighted by atomic mass is 10.1. The zero-order chi connectivity index (χ0) is 13.3. The zero-order valence-corrected chi connectivity index (χ0v) is 10.9. The van der Waals surface area contributed by atoms with Crippen molar-refractivity contribution in [1.82, 2.24) is 5.32 Å². The summed E-state index contributed by atoms with van der Waals surface area (Å²) in [6.07, 6.45) is 0. The molecule has 2 N–H and O–H groups in total. The number of aryl methyl sites for hydroxylation is 1. The monoisotopic (exact) mass is 267 g/mol. The van der Waals surface area contributed by atoms with Crippen LogP contribution in [0.25, 0.3) is 11.0 Å². The summed E-state index contributed by atoms with van der Waals surface area (Å²) in [5, 5.41) is 13.0. The van der Waals surface area contributed by atoms with Crippen molar-refractivity contribution in [2.75, 3.05) is 6.61 Å². The van der Waals surface area contributed by atoms with Crippen LogP contribution in [-0.2, 0) is 0 Å². The number of hydrogen-bond acceptors (Lipinski definition) is 3. The van der Waals surface area contributed by atoms with E-state index in [-0.39, 0.29) is 24.3 Å². The molecule has 0 bridgehead atoms. The number of furan rings is 1. The molecule has 96 valence electrons. The Morgan fingerprint density at radius 2 is 2.28 bits per heavy atom. The maximum Gasteiger partial charge on any atom is 0.287 e. The van der Waals surface area contributed by atoms with Crippen LogP contribution in [0.15, 0.2) is 22.6 Å². The van der Waals surface area contributed by atoms with Gasteiger partial charge in [-0.3, -0.25) is 4.79 Å².